The van der Waals surface area contributed by atoms with Crippen LogP contribution < -0.4 is 10.3 Å². The van der Waals surface area contributed by atoms with E-state index in [9.17, 15) is 9.59 Å². The molecule has 0 atom stereocenters. The molecule has 0 unspecified atom stereocenters. The van der Waals surface area contributed by atoms with Gasteiger partial charge < -0.3 is 9.84 Å². The smallest absolute Gasteiger partial charge is 0.335 e. The van der Waals surface area contributed by atoms with Gasteiger partial charge in [0, 0.05) is 9.89 Å². The van der Waals surface area contributed by atoms with E-state index in [2.05, 4.69) is 21.0 Å². The van der Waals surface area contributed by atoms with E-state index in [1.807, 2.05) is 51.1 Å². The zero-order chi connectivity index (χ0) is 25.2. The molecule has 4 aromatic rings. The van der Waals surface area contributed by atoms with E-state index in [-0.39, 0.29) is 17.7 Å². The summed E-state index contributed by atoms with van der Waals surface area (Å²) in [5, 5.41) is 14.1. The van der Waals surface area contributed by atoms with Crippen LogP contribution in [0.25, 0.3) is 10.9 Å². The third-order valence-electron chi connectivity index (χ3n) is 5.24. The maximum Gasteiger partial charge on any atom is 0.335 e. The summed E-state index contributed by atoms with van der Waals surface area (Å²) in [6.07, 6.45) is 1.60. The van der Waals surface area contributed by atoms with Crippen LogP contribution in [0.3, 0.4) is 0 Å². The minimum Gasteiger partial charge on any atom is -0.489 e. The maximum absolute atomic E-state index is 13.3. The van der Waals surface area contributed by atoms with Crippen LogP contribution >= 0.6 is 15.9 Å². The van der Waals surface area contributed by atoms with Gasteiger partial charge in [-0.2, -0.15) is 9.78 Å². The molecule has 35 heavy (non-hydrogen) atoms. The van der Waals surface area contributed by atoms with Crippen LogP contribution in [0.2, 0.25) is 0 Å². The minimum atomic E-state index is -0.981. The highest BCUT2D eigenvalue weighted by atomic mass is 79.9. The molecule has 0 aliphatic heterocycles. The number of aromatic carboxylic acids is 1. The third-order valence-corrected chi connectivity index (χ3v) is 5.73. The lowest BCUT2D eigenvalue weighted by atomic mass is 9.95. The Morgan fingerprint density at radius 2 is 1.89 bits per heavy atom. The molecule has 0 spiro atoms. The quantitative estimate of drug-likeness (QED) is 0.325. The molecule has 0 aliphatic rings. The predicted octanol–water partition coefficient (Wildman–Crippen LogP) is 5.62. The number of benzene rings is 3. The van der Waals surface area contributed by atoms with Crippen LogP contribution in [-0.4, -0.2) is 27.0 Å². The van der Waals surface area contributed by atoms with Gasteiger partial charge in [-0.3, -0.25) is 4.79 Å². The minimum absolute atomic E-state index is 0.211. The van der Waals surface area contributed by atoms with Gasteiger partial charge in [-0.25, -0.2) is 9.78 Å². The molecule has 178 valence electrons. The van der Waals surface area contributed by atoms with Crippen LogP contribution in [0, 0.1) is 0 Å². The van der Waals surface area contributed by atoms with Gasteiger partial charge in [-0.05, 0) is 53.6 Å². The third kappa shape index (κ3) is 5.66. The van der Waals surface area contributed by atoms with Crippen molar-refractivity contribution in [1.82, 2.24) is 9.66 Å². The fraction of sp³-hybridized carbons (Fsp3) is 0.185. The number of ether oxygens (including phenoxy) is 1. The first-order chi connectivity index (χ1) is 16.6. The number of carboxylic acid groups (broad SMARTS) is 1. The van der Waals surface area contributed by atoms with Crippen LogP contribution in [0.5, 0.6) is 5.75 Å². The maximum atomic E-state index is 13.3. The summed E-state index contributed by atoms with van der Waals surface area (Å²) in [5.74, 6) is 0.170. The highest BCUT2D eigenvalue weighted by Crippen LogP contribution is 2.23. The summed E-state index contributed by atoms with van der Waals surface area (Å²) in [7, 11) is 0. The molecule has 4 rings (SSSR count). The Morgan fingerprint density at radius 3 is 2.63 bits per heavy atom. The van der Waals surface area contributed by atoms with Crippen molar-refractivity contribution in [2.45, 2.75) is 32.8 Å². The number of carbonyl (C=O) groups is 1. The molecule has 1 aromatic heterocycles. The topological polar surface area (TPSA) is 93.8 Å². The second-order valence-electron chi connectivity index (χ2n) is 9.08. The predicted molar refractivity (Wildman–Crippen MR) is 140 cm³/mol. The van der Waals surface area contributed by atoms with Gasteiger partial charge in [0.2, 0.25) is 0 Å². The summed E-state index contributed by atoms with van der Waals surface area (Å²) in [5.41, 5.74) is 1.66. The lowest BCUT2D eigenvalue weighted by molar-refractivity contribution is 0.0696. The molecular formula is C27H24BrN3O4. The monoisotopic (exact) mass is 533 g/mol. The number of rotatable bonds is 6. The van der Waals surface area contributed by atoms with E-state index in [0.717, 1.165) is 15.6 Å². The molecule has 0 saturated heterocycles. The lowest BCUT2D eigenvalue weighted by Crippen LogP contribution is -2.29. The van der Waals surface area contributed by atoms with Gasteiger partial charge in [0.05, 0.1) is 22.7 Å². The Bertz CT molecular complexity index is 1500. The molecule has 0 saturated carbocycles. The van der Waals surface area contributed by atoms with Crippen molar-refractivity contribution in [3.05, 3.63) is 104 Å². The standard InChI is InChI=1S/C27H24BrN3O4/c1-27(2,3)26-30-23-11-10-20(28)14-22(23)24(32)31(26)29-15-17-6-5-9-21(13-17)35-16-18-7-4-8-19(12-18)25(33)34/h4-15H,16H2,1-3H3,(H,33,34). The molecule has 3 aromatic carbocycles. The molecule has 0 fully saturated rings. The summed E-state index contributed by atoms with van der Waals surface area (Å²) >= 11 is 3.42. The van der Waals surface area contributed by atoms with Crippen molar-refractivity contribution in [3.8, 4) is 5.75 Å². The van der Waals surface area contributed by atoms with Crippen LogP contribution in [0.15, 0.2) is 81.1 Å². The highest BCUT2D eigenvalue weighted by molar-refractivity contribution is 9.10. The van der Waals surface area contributed by atoms with Crippen molar-refractivity contribution in [2.75, 3.05) is 0 Å². The van der Waals surface area contributed by atoms with E-state index in [1.165, 1.54) is 10.7 Å². The average molecular weight is 534 g/mol. The Morgan fingerprint density at radius 1 is 1.11 bits per heavy atom. The molecular weight excluding hydrogens is 510 g/mol. The zero-order valence-electron chi connectivity index (χ0n) is 19.5. The normalized spacial score (nSPS) is 11.8. The number of halogens is 1. The summed E-state index contributed by atoms with van der Waals surface area (Å²) < 4.78 is 7.99. The van der Waals surface area contributed by atoms with Crippen molar-refractivity contribution in [1.29, 1.82) is 0 Å². The van der Waals surface area contributed by atoms with E-state index in [1.54, 1.807) is 36.5 Å². The largest absolute Gasteiger partial charge is 0.489 e. The molecule has 7 nitrogen and oxygen atoms in total. The Kier molecular flexibility index (Phi) is 6.84. The van der Waals surface area contributed by atoms with Crippen LogP contribution in [0.1, 0.15) is 48.1 Å². The van der Waals surface area contributed by atoms with Gasteiger partial charge in [0.15, 0.2) is 0 Å². The van der Waals surface area contributed by atoms with Gasteiger partial charge in [0.25, 0.3) is 5.56 Å². The van der Waals surface area contributed by atoms with Crippen molar-refractivity contribution >= 4 is 39.0 Å². The first kappa shape index (κ1) is 24.3. The molecule has 0 bridgehead atoms. The Labute approximate surface area is 210 Å². The first-order valence-electron chi connectivity index (χ1n) is 10.9. The van der Waals surface area contributed by atoms with Crippen molar-refractivity contribution in [3.63, 3.8) is 0 Å². The lowest BCUT2D eigenvalue weighted by Gasteiger charge is -2.20. The second kappa shape index (κ2) is 9.84. The van der Waals surface area contributed by atoms with E-state index in [0.29, 0.717) is 22.5 Å². The van der Waals surface area contributed by atoms with Gasteiger partial charge in [-0.15, -0.1) is 0 Å². The molecule has 0 amide bonds. The van der Waals surface area contributed by atoms with Gasteiger partial charge in [0.1, 0.15) is 18.2 Å². The molecule has 1 N–H and O–H groups in total. The van der Waals surface area contributed by atoms with E-state index < -0.39 is 11.4 Å². The average Bonchev–Trinajstić information content (AvgIpc) is 2.82. The van der Waals surface area contributed by atoms with Crippen molar-refractivity contribution < 1.29 is 14.6 Å². The van der Waals surface area contributed by atoms with Gasteiger partial charge in [-0.1, -0.05) is 61.0 Å². The zero-order valence-corrected chi connectivity index (χ0v) is 21.1. The number of carboxylic acids is 1. The number of hydrogen-bond acceptors (Lipinski definition) is 5. The number of fused-ring (bicyclic) bond motifs is 1. The van der Waals surface area contributed by atoms with Gasteiger partial charge >= 0.3 is 5.97 Å². The molecule has 0 aliphatic carbocycles. The first-order valence-corrected chi connectivity index (χ1v) is 11.7. The van der Waals surface area contributed by atoms with Crippen molar-refractivity contribution in [2.24, 2.45) is 5.10 Å². The summed E-state index contributed by atoms with van der Waals surface area (Å²) in [6, 6.07) is 19.3. The molecule has 1 heterocycles. The van der Waals surface area contributed by atoms with E-state index >= 15 is 0 Å². The van der Waals surface area contributed by atoms with E-state index in [4.69, 9.17) is 14.8 Å². The highest BCUT2D eigenvalue weighted by Gasteiger charge is 2.22. The summed E-state index contributed by atoms with van der Waals surface area (Å²) in [6.45, 7) is 6.18. The fourth-order valence-corrected chi connectivity index (χ4v) is 3.87. The SMILES string of the molecule is CC(C)(C)c1nc2ccc(Br)cc2c(=O)n1N=Cc1cccc(OCc2cccc(C(=O)O)c2)c1. The molecule has 8 heteroatoms. The Balaban J connectivity index is 1.63. The fourth-order valence-electron chi connectivity index (χ4n) is 3.51. The van der Waals surface area contributed by atoms with Crippen LogP contribution in [0.4, 0.5) is 0 Å². The number of aromatic nitrogens is 2. The number of nitrogens with zero attached hydrogens (tertiary/aromatic N) is 3. The Hall–Kier alpha value is -3.78. The second-order valence-corrected chi connectivity index (χ2v) is 9.99. The number of hydrogen-bond donors (Lipinski definition) is 1. The van der Waals surface area contributed by atoms with Crippen LogP contribution in [-0.2, 0) is 12.0 Å². The molecule has 0 radical (unpaired) electrons. The summed E-state index contributed by atoms with van der Waals surface area (Å²) in [4.78, 5) is 29.2.